The van der Waals surface area contributed by atoms with Crippen LogP contribution in [0, 0.1) is 0 Å². The summed E-state index contributed by atoms with van der Waals surface area (Å²) < 4.78 is 11.9. The lowest BCUT2D eigenvalue weighted by atomic mass is 10.2. The van der Waals surface area contributed by atoms with Gasteiger partial charge < -0.3 is 48.9 Å². The number of rotatable bonds is 6. The smallest absolute Gasteiger partial charge is 0.224 e. The first-order valence-corrected chi connectivity index (χ1v) is 13.7. The number of thiocarbonyl (C=S) groups is 2. The summed E-state index contributed by atoms with van der Waals surface area (Å²) in [6.07, 6.45) is 4.41. The number of carbonyl (C=O) groups is 2. The number of hydrogen-bond donors (Lipinski definition) is 0. The first-order valence-electron chi connectivity index (χ1n) is 12.9. The van der Waals surface area contributed by atoms with Gasteiger partial charge in [-0.3, -0.25) is 0 Å². The van der Waals surface area contributed by atoms with Crippen LogP contribution < -0.4 is 19.7 Å². The molecule has 4 heterocycles. The van der Waals surface area contributed by atoms with Gasteiger partial charge in [-0.05, 0) is 64.6 Å². The zero-order chi connectivity index (χ0) is 31.4. The number of likely N-dealkylation sites (N-methyl/N-ethyl adjacent to an activating group) is 4. The van der Waals surface area contributed by atoms with Gasteiger partial charge in [0.15, 0.2) is 0 Å². The van der Waals surface area contributed by atoms with Crippen molar-refractivity contribution in [2.45, 2.75) is 12.2 Å². The van der Waals surface area contributed by atoms with Crippen molar-refractivity contribution in [1.82, 2.24) is 29.6 Å². The predicted molar refractivity (Wildman–Crippen MR) is 162 cm³/mol. The van der Waals surface area contributed by atoms with Gasteiger partial charge in [0.05, 0.1) is 36.2 Å². The van der Waals surface area contributed by atoms with Gasteiger partial charge in [0.25, 0.3) is 0 Å². The quantitative estimate of drug-likeness (QED) is 0.292. The van der Waals surface area contributed by atoms with E-state index in [9.17, 15) is 19.8 Å². The predicted octanol–water partition coefficient (Wildman–Crippen LogP) is -0.935. The standard InChI is InChI=1S/2C12H17N3OS.C4H4O4/c2*1-14(2)7-9-8-15(3)12(17)10-5-4-6-13-11(10)16-9;5-3(6)1-2-4(7)8/h2*4-6,9H,7-8H2,1-3H3;1-2H,(H,5,6)(H,7,8)/p-2/b;;2-1+. The van der Waals surface area contributed by atoms with Crippen molar-refractivity contribution in [1.29, 1.82) is 0 Å². The Balaban J connectivity index is 0.000000236. The van der Waals surface area contributed by atoms with E-state index in [4.69, 9.17) is 33.9 Å². The highest BCUT2D eigenvalue weighted by atomic mass is 32.1. The molecule has 2 aliphatic heterocycles. The van der Waals surface area contributed by atoms with E-state index in [1.54, 1.807) is 12.4 Å². The van der Waals surface area contributed by atoms with E-state index >= 15 is 0 Å². The van der Waals surface area contributed by atoms with E-state index < -0.39 is 11.9 Å². The van der Waals surface area contributed by atoms with Crippen LogP contribution in [0.3, 0.4) is 0 Å². The topological polar surface area (TPSA) is 137 Å². The molecular weight excluding hydrogens is 580 g/mol. The molecule has 4 rings (SSSR count). The molecule has 0 aliphatic carbocycles. The second kappa shape index (κ2) is 16.7. The number of ether oxygens (including phenoxy) is 2. The van der Waals surface area contributed by atoms with E-state index in [1.807, 2.05) is 66.6 Å². The van der Waals surface area contributed by atoms with Crippen LogP contribution in [0.4, 0.5) is 0 Å². The van der Waals surface area contributed by atoms with Crippen molar-refractivity contribution in [2.24, 2.45) is 0 Å². The molecule has 2 aliphatic rings. The van der Waals surface area contributed by atoms with Gasteiger partial charge in [0, 0.05) is 39.6 Å². The van der Waals surface area contributed by atoms with Gasteiger partial charge in [-0.2, -0.15) is 0 Å². The van der Waals surface area contributed by atoms with Crippen LogP contribution in [-0.2, 0) is 9.59 Å². The molecule has 2 aromatic rings. The summed E-state index contributed by atoms with van der Waals surface area (Å²) in [5, 5.41) is 18.8. The number of fused-ring (bicyclic) bond motifs is 2. The van der Waals surface area contributed by atoms with Gasteiger partial charge >= 0.3 is 0 Å². The maximum absolute atomic E-state index is 9.41. The molecule has 0 aromatic carbocycles. The van der Waals surface area contributed by atoms with Crippen molar-refractivity contribution in [2.75, 3.05) is 68.5 Å². The number of hydrogen-bond acceptors (Lipinski definition) is 12. The summed E-state index contributed by atoms with van der Waals surface area (Å²) in [7, 11) is 12.1. The molecule has 0 fully saturated rings. The number of carbonyl (C=O) groups excluding carboxylic acids is 2. The summed E-state index contributed by atoms with van der Waals surface area (Å²) >= 11 is 10.9. The zero-order valence-electron chi connectivity index (χ0n) is 24.6. The summed E-state index contributed by atoms with van der Waals surface area (Å²) in [5.41, 5.74) is 1.82. The molecule has 0 spiro atoms. The molecule has 12 nitrogen and oxygen atoms in total. The summed E-state index contributed by atoms with van der Waals surface area (Å²) in [4.78, 5) is 37.3. The van der Waals surface area contributed by atoms with Crippen LogP contribution in [0.25, 0.3) is 0 Å². The monoisotopic (exact) mass is 616 g/mol. The first kappa shape index (κ1) is 34.5. The zero-order valence-corrected chi connectivity index (χ0v) is 26.2. The molecule has 42 heavy (non-hydrogen) atoms. The van der Waals surface area contributed by atoms with Crippen LogP contribution in [0.5, 0.6) is 11.8 Å². The fraction of sp³-hybridized carbons (Fsp3) is 0.429. The number of aromatic nitrogens is 2. The van der Waals surface area contributed by atoms with E-state index in [1.165, 1.54) is 0 Å². The lowest BCUT2D eigenvalue weighted by molar-refractivity contribution is -0.301. The van der Waals surface area contributed by atoms with Crippen LogP contribution in [0.1, 0.15) is 11.1 Å². The molecular formula is C28H36N6O6S2-2. The van der Waals surface area contributed by atoms with Crippen molar-refractivity contribution < 1.29 is 29.3 Å². The van der Waals surface area contributed by atoms with Gasteiger partial charge in [-0.1, -0.05) is 24.4 Å². The molecule has 2 aromatic heterocycles. The number of pyridine rings is 2. The highest BCUT2D eigenvalue weighted by molar-refractivity contribution is 7.81. The van der Waals surface area contributed by atoms with Crippen LogP contribution in [0.2, 0.25) is 0 Å². The fourth-order valence-electron chi connectivity index (χ4n) is 4.01. The average Bonchev–Trinajstić information content (AvgIpc) is 3.10. The lowest BCUT2D eigenvalue weighted by Gasteiger charge is -2.23. The Kier molecular flexibility index (Phi) is 13.7. The normalized spacial score (nSPS) is 17.9. The number of nitrogens with zero attached hydrogens (tertiary/aromatic N) is 6. The maximum Gasteiger partial charge on any atom is 0.224 e. The first-order chi connectivity index (χ1) is 19.8. The van der Waals surface area contributed by atoms with Gasteiger partial charge in [-0.25, -0.2) is 9.97 Å². The molecule has 2 atom stereocenters. The Morgan fingerprint density at radius 3 is 1.50 bits per heavy atom. The van der Waals surface area contributed by atoms with E-state index in [-0.39, 0.29) is 12.2 Å². The summed E-state index contributed by atoms with van der Waals surface area (Å²) in [6, 6.07) is 7.68. The Morgan fingerprint density at radius 2 is 1.19 bits per heavy atom. The molecule has 228 valence electrons. The van der Waals surface area contributed by atoms with Gasteiger partial charge in [0.2, 0.25) is 11.8 Å². The second-order valence-corrected chi connectivity index (χ2v) is 10.8. The Labute approximate surface area is 257 Å². The maximum atomic E-state index is 9.41. The Morgan fingerprint density at radius 1 is 0.833 bits per heavy atom. The third-order valence-electron chi connectivity index (χ3n) is 5.70. The Hall–Kier alpha value is -3.72. The Bertz CT molecular complexity index is 1180. The van der Waals surface area contributed by atoms with Crippen molar-refractivity contribution in [3.05, 3.63) is 59.9 Å². The third kappa shape index (κ3) is 11.3. The lowest BCUT2D eigenvalue weighted by Crippen LogP contribution is -2.39. The molecule has 0 radical (unpaired) electrons. The number of carboxylic acids is 2. The van der Waals surface area contributed by atoms with Crippen LogP contribution in [-0.4, -0.2) is 132 Å². The minimum atomic E-state index is -1.55. The van der Waals surface area contributed by atoms with Crippen LogP contribution in [0.15, 0.2) is 48.8 Å². The highest BCUT2D eigenvalue weighted by Gasteiger charge is 2.26. The average molecular weight is 617 g/mol. The largest absolute Gasteiger partial charge is 0.545 e. The molecule has 0 saturated heterocycles. The fourth-order valence-corrected chi connectivity index (χ4v) is 4.47. The van der Waals surface area contributed by atoms with Crippen LogP contribution >= 0.6 is 24.4 Å². The highest BCUT2D eigenvalue weighted by Crippen LogP contribution is 2.23. The number of aliphatic carboxylic acids is 2. The summed E-state index contributed by atoms with van der Waals surface area (Å²) in [5.74, 6) is -1.80. The van der Waals surface area contributed by atoms with Crippen molar-refractivity contribution in [3.63, 3.8) is 0 Å². The molecule has 0 saturated carbocycles. The number of carboxylic acid groups (broad SMARTS) is 2. The minimum absolute atomic E-state index is 0.0871. The third-order valence-corrected chi connectivity index (χ3v) is 6.76. The van der Waals surface area contributed by atoms with Crippen molar-refractivity contribution in [3.8, 4) is 11.8 Å². The minimum Gasteiger partial charge on any atom is -0.545 e. The molecule has 2 unspecified atom stereocenters. The van der Waals surface area contributed by atoms with E-state index in [0.29, 0.717) is 23.9 Å². The molecule has 0 amide bonds. The van der Waals surface area contributed by atoms with Gasteiger partial charge in [-0.15, -0.1) is 0 Å². The van der Waals surface area contributed by atoms with Crippen molar-refractivity contribution >= 4 is 46.4 Å². The molecule has 0 N–H and O–H groups in total. The van der Waals surface area contributed by atoms with E-state index in [2.05, 4.69) is 29.6 Å². The van der Waals surface area contributed by atoms with Gasteiger partial charge in [0.1, 0.15) is 22.2 Å². The molecule has 0 bridgehead atoms. The second-order valence-electron chi connectivity index (χ2n) is 10.1. The van der Waals surface area contributed by atoms with E-state index in [0.717, 1.165) is 47.3 Å². The molecule has 14 heteroatoms. The SMILES string of the molecule is CN(C)CC1CN(C)C(=S)c2cccnc2O1.CN(C)CC1CN(C)C(=S)c2cccnc2O1.O=C([O-])/C=C/C(=O)[O-]. The summed E-state index contributed by atoms with van der Waals surface area (Å²) in [6.45, 7) is 3.27.